The average Bonchev–Trinajstić information content (AvgIpc) is 3.13. The van der Waals surface area contributed by atoms with E-state index >= 15 is 0 Å². The Labute approximate surface area is 152 Å². The number of amides is 1. The quantitative estimate of drug-likeness (QED) is 0.839. The van der Waals surface area contributed by atoms with Crippen LogP contribution in [0.25, 0.3) is 0 Å². The molecule has 3 heteroatoms. The average molecular weight is 344 g/mol. The highest BCUT2D eigenvalue weighted by Crippen LogP contribution is 2.41. The molecule has 4 atom stereocenters. The fourth-order valence-electron chi connectivity index (χ4n) is 4.74. The molecule has 2 saturated carbocycles. The smallest absolute Gasteiger partial charge is 0.223 e. The third-order valence-corrected chi connectivity index (χ3v) is 6.74. The zero-order valence-corrected chi connectivity index (χ0v) is 15.7. The van der Waals surface area contributed by atoms with Crippen LogP contribution in [0, 0.1) is 17.8 Å². The molecular formula is C22H33NO2. The third kappa shape index (κ3) is 4.63. The number of carbonyl (C=O) groups is 1. The highest BCUT2D eigenvalue weighted by Gasteiger charge is 2.35. The van der Waals surface area contributed by atoms with Crippen molar-refractivity contribution in [1.82, 2.24) is 5.32 Å². The van der Waals surface area contributed by atoms with Gasteiger partial charge in [-0.15, -0.1) is 0 Å². The van der Waals surface area contributed by atoms with E-state index in [1.807, 2.05) is 0 Å². The van der Waals surface area contributed by atoms with Gasteiger partial charge in [-0.25, -0.2) is 0 Å². The minimum Gasteiger partial charge on any atom is -0.393 e. The Kier molecular flexibility index (Phi) is 6.16. The number of aliphatic hydroxyl groups excluding tert-OH is 1. The van der Waals surface area contributed by atoms with Crippen LogP contribution in [0.2, 0.25) is 0 Å². The third-order valence-electron chi connectivity index (χ3n) is 6.74. The van der Waals surface area contributed by atoms with Crippen molar-refractivity contribution in [2.75, 3.05) is 0 Å². The monoisotopic (exact) mass is 343 g/mol. The summed E-state index contributed by atoms with van der Waals surface area (Å²) < 4.78 is 0. The van der Waals surface area contributed by atoms with E-state index in [1.165, 1.54) is 12.0 Å². The van der Waals surface area contributed by atoms with E-state index in [0.29, 0.717) is 17.8 Å². The topological polar surface area (TPSA) is 49.3 Å². The van der Waals surface area contributed by atoms with E-state index in [0.717, 1.165) is 38.5 Å². The van der Waals surface area contributed by atoms with Crippen LogP contribution in [-0.4, -0.2) is 23.2 Å². The van der Waals surface area contributed by atoms with Crippen molar-refractivity contribution < 1.29 is 9.90 Å². The molecular weight excluding hydrogens is 310 g/mol. The van der Waals surface area contributed by atoms with Gasteiger partial charge >= 0.3 is 0 Å². The first-order valence-corrected chi connectivity index (χ1v) is 10.1. The number of aliphatic hydroxyl groups is 1. The molecule has 1 aromatic carbocycles. The van der Waals surface area contributed by atoms with Crippen LogP contribution in [0.15, 0.2) is 30.3 Å². The standard InChI is InChI=1S/C22H33NO2/c1-15(17-6-4-3-5-7-17)16(2)18-8-9-19(14-18)22(25)23-20-10-12-21(24)13-11-20/h3-7,15-16,18-21,24H,8-14H2,1-2H3,(H,23,25). The lowest BCUT2D eigenvalue weighted by atomic mass is 9.79. The van der Waals surface area contributed by atoms with Gasteiger partial charge in [-0.1, -0.05) is 44.2 Å². The van der Waals surface area contributed by atoms with Crippen molar-refractivity contribution in [2.45, 2.75) is 76.9 Å². The van der Waals surface area contributed by atoms with Crippen molar-refractivity contribution in [3.05, 3.63) is 35.9 Å². The maximum Gasteiger partial charge on any atom is 0.223 e. The van der Waals surface area contributed by atoms with Crippen LogP contribution in [0.5, 0.6) is 0 Å². The molecule has 0 aromatic heterocycles. The summed E-state index contributed by atoms with van der Waals surface area (Å²) in [6.45, 7) is 4.67. The van der Waals surface area contributed by atoms with E-state index in [1.54, 1.807) is 0 Å². The molecule has 1 aromatic rings. The molecule has 3 nitrogen and oxygen atoms in total. The van der Waals surface area contributed by atoms with Gasteiger partial charge < -0.3 is 10.4 Å². The Morgan fingerprint density at radius 3 is 2.40 bits per heavy atom. The van der Waals surface area contributed by atoms with Gasteiger partial charge in [-0.05, 0) is 68.3 Å². The number of carbonyl (C=O) groups excluding carboxylic acids is 1. The largest absolute Gasteiger partial charge is 0.393 e. The Morgan fingerprint density at radius 1 is 1.04 bits per heavy atom. The normalized spacial score (nSPS) is 32.1. The molecule has 2 aliphatic rings. The molecule has 2 aliphatic carbocycles. The van der Waals surface area contributed by atoms with Crippen molar-refractivity contribution in [1.29, 1.82) is 0 Å². The van der Waals surface area contributed by atoms with Gasteiger partial charge in [-0.2, -0.15) is 0 Å². The van der Waals surface area contributed by atoms with Gasteiger partial charge in [0.2, 0.25) is 5.91 Å². The summed E-state index contributed by atoms with van der Waals surface area (Å²) in [5, 5.41) is 12.9. The van der Waals surface area contributed by atoms with Crippen LogP contribution in [0.4, 0.5) is 0 Å². The number of rotatable bonds is 5. The predicted octanol–water partition coefficient (Wildman–Crippen LogP) is 4.26. The SMILES string of the molecule is CC(c1ccccc1)C(C)C1CCC(C(=O)NC2CCC(O)CC2)C1. The van der Waals surface area contributed by atoms with Crippen LogP contribution >= 0.6 is 0 Å². The molecule has 0 aliphatic heterocycles. The van der Waals surface area contributed by atoms with Crippen LogP contribution < -0.4 is 5.32 Å². The second kappa shape index (κ2) is 8.35. The summed E-state index contributed by atoms with van der Waals surface area (Å²) in [6.07, 6.45) is 6.55. The number of hydrogen-bond acceptors (Lipinski definition) is 2. The molecule has 4 unspecified atom stereocenters. The Hall–Kier alpha value is -1.35. The molecule has 25 heavy (non-hydrogen) atoms. The lowest BCUT2D eigenvalue weighted by Gasteiger charge is -2.28. The Morgan fingerprint density at radius 2 is 1.72 bits per heavy atom. The molecule has 0 heterocycles. The molecule has 2 fully saturated rings. The Balaban J connectivity index is 1.50. The fraction of sp³-hybridized carbons (Fsp3) is 0.682. The highest BCUT2D eigenvalue weighted by molar-refractivity contribution is 5.79. The van der Waals surface area contributed by atoms with Crippen molar-refractivity contribution in [2.24, 2.45) is 17.8 Å². The summed E-state index contributed by atoms with van der Waals surface area (Å²) in [5.41, 5.74) is 1.41. The zero-order valence-electron chi connectivity index (χ0n) is 15.7. The van der Waals surface area contributed by atoms with Crippen LogP contribution in [-0.2, 0) is 4.79 Å². The second-order valence-corrected chi connectivity index (χ2v) is 8.34. The van der Waals surface area contributed by atoms with E-state index in [-0.39, 0.29) is 24.0 Å². The summed E-state index contributed by atoms with van der Waals surface area (Å²) in [6, 6.07) is 11.0. The maximum atomic E-state index is 12.6. The molecule has 0 radical (unpaired) electrons. The van der Waals surface area contributed by atoms with E-state index in [9.17, 15) is 9.90 Å². The first kappa shape index (κ1) is 18.4. The van der Waals surface area contributed by atoms with Crippen LogP contribution in [0.3, 0.4) is 0 Å². The maximum absolute atomic E-state index is 12.6. The summed E-state index contributed by atoms with van der Waals surface area (Å²) in [5.74, 6) is 2.21. The first-order chi connectivity index (χ1) is 12.0. The summed E-state index contributed by atoms with van der Waals surface area (Å²) >= 11 is 0. The molecule has 138 valence electrons. The lowest BCUT2D eigenvalue weighted by Crippen LogP contribution is -2.41. The highest BCUT2D eigenvalue weighted by atomic mass is 16.3. The van der Waals surface area contributed by atoms with Gasteiger partial charge in [0.25, 0.3) is 0 Å². The number of benzene rings is 1. The zero-order chi connectivity index (χ0) is 17.8. The van der Waals surface area contributed by atoms with E-state index in [2.05, 4.69) is 49.5 Å². The minimum atomic E-state index is -0.163. The fourth-order valence-corrected chi connectivity index (χ4v) is 4.74. The van der Waals surface area contributed by atoms with Gasteiger partial charge in [0.15, 0.2) is 0 Å². The molecule has 1 amide bonds. The predicted molar refractivity (Wildman–Crippen MR) is 101 cm³/mol. The van der Waals surface area contributed by atoms with Gasteiger partial charge in [0, 0.05) is 12.0 Å². The molecule has 0 saturated heterocycles. The summed E-state index contributed by atoms with van der Waals surface area (Å²) in [4.78, 5) is 12.6. The van der Waals surface area contributed by atoms with Gasteiger partial charge in [0.1, 0.15) is 0 Å². The lowest BCUT2D eigenvalue weighted by molar-refractivity contribution is -0.126. The summed E-state index contributed by atoms with van der Waals surface area (Å²) in [7, 11) is 0. The molecule has 3 rings (SSSR count). The van der Waals surface area contributed by atoms with Crippen molar-refractivity contribution in [3.8, 4) is 0 Å². The van der Waals surface area contributed by atoms with Gasteiger partial charge in [0.05, 0.1) is 6.10 Å². The molecule has 2 N–H and O–H groups in total. The van der Waals surface area contributed by atoms with Crippen molar-refractivity contribution >= 4 is 5.91 Å². The first-order valence-electron chi connectivity index (χ1n) is 10.1. The Bertz CT molecular complexity index is 550. The van der Waals surface area contributed by atoms with E-state index < -0.39 is 0 Å². The van der Waals surface area contributed by atoms with Crippen LogP contribution in [0.1, 0.15) is 70.3 Å². The number of nitrogens with one attached hydrogen (secondary N) is 1. The molecule has 0 bridgehead atoms. The second-order valence-electron chi connectivity index (χ2n) is 8.34. The number of hydrogen-bond donors (Lipinski definition) is 2. The van der Waals surface area contributed by atoms with Gasteiger partial charge in [-0.3, -0.25) is 4.79 Å². The van der Waals surface area contributed by atoms with E-state index in [4.69, 9.17) is 0 Å². The minimum absolute atomic E-state index is 0.163. The molecule has 0 spiro atoms. The van der Waals surface area contributed by atoms with Crippen molar-refractivity contribution in [3.63, 3.8) is 0 Å².